The second-order valence-electron chi connectivity index (χ2n) is 6.31. The van der Waals surface area contributed by atoms with Gasteiger partial charge in [0.15, 0.2) is 11.6 Å². The van der Waals surface area contributed by atoms with E-state index in [1.165, 1.54) is 19.2 Å². The lowest BCUT2D eigenvalue weighted by atomic mass is 10.1. The molecule has 0 amide bonds. The molecule has 27 heavy (non-hydrogen) atoms. The van der Waals surface area contributed by atoms with E-state index in [-0.39, 0.29) is 23.2 Å². The molecule has 5 nitrogen and oxygen atoms in total. The molecule has 3 rings (SSSR count). The van der Waals surface area contributed by atoms with Gasteiger partial charge in [-0.2, -0.15) is 0 Å². The molecule has 144 valence electrons. The molecule has 0 radical (unpaired) electrons. The lowest BCUT2D eigenvalue weighted by Crippen LogP contribution is -2.34. The first-order chi connectivity index (χ1) is 12.8. The molecule has 0 spiro atoms. The Hall–Kier alpha value is -2.00. The zero-order valence-corrected chi connectivity index (χ0v) is 16.9. The first kappa shape index (κ1) is 19.8. The summed E-state index contributed by atoms with van der Waals surface area (Å²) in [4.78, 5) is 1.83. The monoisotopic (exact) mass is 408 g/mol. The molecule has 0 aliphatic heterocycles. The van der Waals surface area contributed by atoms with Gasteiger partial charge in [0, 0.05) is 17.3 Å². The molecule has 1 N–H and O–H groups in total. The van der Waals surface area contributed by atoms with Gasteiger partial charge < -0.3 is 9.64 Å². The summed E-state index contributed by atoms with van der Waals surface area (Å²) < 4.78 is 47.7. The molecule has 0 bridgehead atoms. The number of fused-ring (bicyclic) bond motifs is 1. The highest BCUT2D eigenvalue weighted by Gasteiger charge is 2.22. The summed E-state index contributed by atoms with van der Waals surface area (Å²) in [5.41, 5.74) is 1.06. The minimum absolute atomic E-state index is 0.00450. The number of sulfonamides is 1. The maximum atomic E-state index is 13.9. The van der Waals surface area contributed by atoms with Gasteiger partial charge in [-0.05, 0) is 54.7 Å². The topological polar surface area (TPSA) is 58.6 Å². The van der Waals surface area contributed by atoms with Crippen molar-refractivity contribution in [1.29, 1.82) is 0 Å². The molecule has 3 aromatic rings. The number of ether oxygens (including phenoxy) is 1. The second kappa shape index (κ2) is 7.93. The summed E-state index contributed by atoms with van der Waals surface area (Å²) >= 11 is 1.63. The van der Waals surface area contributed by atoms with Gasteiger partial charge in [-0.25, -0.2) is 17.5 Å². The Balaban J connectivity index is 1.85. The van der Waals surface area contributed by atoms with Gasteiger partial charge in [-0.1, -0.05) is 18.2 Å². The van der Waals surface area contributed by atoms with Crippen LogP contribution in [0.4, 0.5) is 4.39 Å². The van der Waals surface area contributed by atoms with E-state index in [1.54, 1.807) is 11.3 Å². The molecular formula is C19H21FN2O3S2. The maximum Gasteiger partial charge on any atom is 0.240 e. The van der Waals surface area contributed by atoms with Crippen LogP contribution in [-0.2, 0) is 10.0 Å². The molecule has 0 aliphatic rings. The summed E-state index contributed by atoms with van der Waals surface area (Å²) in [5.74, 6) is -0.710. The number of hydrogen-bond acceptors (Lipinski definition) is 5. The quantitative estimate of drug-likeness (QED) is 0.649. The average Bonchev–Trinajstić information content (AvgIpc) is 3.05. The fourth-order valence-corrected chi connectivity index (χ4v) is 4.97. The second-order valence-corrected chi connectivity index (χ2v) is 8.99. The molecule has 1 heterocycles. The van der Waals surface area contributed by atoms with Crippen molar-refractivity contribution in [3.8, 4) is 5.75 Å². The van der Waals surface area contributed by atoms with Crippen molar-refractivity contribution < 1.29 is 17.5 Å². The van der Waals surface area contributed by atoms with Gasteiger partial charge in [-0.15, -0.1) is 11.3 Å². The highest BCUT2D eigenvalue weighted by Crippen LogP contribution is 2.32. The van der Waals surface area contributed by atoms with Crippen LogP contribution >= 0.6 is 11.3 Å². The minimum Gasteiger partial charge on any atom is -0.494 e. The predicted octanol–water partition coefficient (Wildman–Crippen LogP) is 3.63. The van der Waals surface area contributed by atoms with Crippen molar-refractivity contribution >= 4 is 31.4 Å². The van der Waals surface area contributed by atoms with Gasteiger partial charge in [0.2, 0.25) is 10.0 Å². The van der Waals surface area contributed by atoms with E-state index in [1.807, 2.05) is 43.3 Å². The van der Waals surface area contributed by atoms with Gasteiger partial charge >= 0.3 is 0 Å². The SMILES string of the molecule is COc1ccc(S(=O)(=O)NC[C@@H](c2csc3ccccc23)N(C)C)cc1F. The molecule has 0 unspecified atom stereocenters. The minimum atomic E-state index is -3.85. The third-order valence-corrected chi connectivity index (χ3v) is 6.80. The number of halogens is 1. The van der Waals surface area contributed by atoms with Gasteiger partial charge in [0.25, 0.3) is 0 Å². The van der Waals surface area contributed by atoms with Crippen molar-refractivity contribution in [3.63, 3.8) is 0 Å². The molecule has 1 aromatic heterocycles. The lowest BCUT2D eigenvalue weighted by molar-refractivity contribution is 0.301. The van der Waals surface area contributed by atoms with Crippen molar-refractivity contribution in [2.45, 2.75) is 10.9 Å². The van der Waals surface area contributed by atoms with Crippen LogP contribution in [0.25, 0.3) is 10.1 Å². The van der Waals surface area contributed by atoms with Crippen LogP contribution in [0.3, 0.4) is 0 Å². The number of benzene rings is 2. The van der Waals surface area contributed by atoms with Gasteiger partial charge in [-0.3, -0.25) is 0 Å². The van der Waals surface area contributed by atoms with Crippen LogP contribution < -0.4 is 9.46 Å². The Kier molecular flexibility index (Phi) is 5.81. The smallest absolute Gasteiger partial charge is 0.240 e. The zero-order chi connectivity index (χ0) is 19.6. The molecule has 0 saturated heterocycles. The number of nitrogens with one attached hydrogen (secondary N) is 1. The third kappa shape index (κ3) is 4.14. The first-order valence-electron chi connectivity index (χ1n) is 8.29. The van der Waals surface area contributed by atoms with E-state index in [4.69, 9.17) is 4.74 Å². The maximum absolute atomic E-state index is 13.9. The van der Waals surface area contributed by atoms with Gasteiger partial charge in [0.05, 0.1) is 12.0 Å². The molecule has 2 aromatic carbocycles. The van der Waals surface area contributed by atoms with Crippen LogP contribution in [0.15, 0.2) is 52.7 Å². The van der Waals surface area contributed by atoms with Crippen molar-refractivity contribution in [1.82, 2.24) is 9.62 Å². The Bertz CT molecular complexity index is 1050. The van der Waals surface area contributed by atoms with Crippen molar-refractivity contribution in [3.05, 3.63) is 59.2 Å². The van der Waals surface area contributed by atoms with Crippen LogP contribution in [0.2, 0.25) is 0 Å². The van der Waals surface area contributed by atoms with Crippen LogP contribution in [0.1, 0.15) is 11.6 Å². The lowest BCUT2D eigenvalue weighted by Gasteiger charge is -2.24. The fraction of sp³-hybridized carbons (Fsp3) is 0.263. The first-order valence-corrected chi connectivity index (χ1v) is 10.7. The Labute approximate surface area is 162 Å². The van der Waals surface area contributed by atoms with E-state index in [2.05, 4.69) is 10.1 Å². The number of hydrogen-bond donors (Lipinski definition) is 1. The van der Waals surface area contributed by atoms with E-state index in [0.29, 0.717) is 0 Å². The Morgan fingerprint density at radius 1 is 1.22 bits per heavy atom. The van der Waals surface area contributed by atoms with Crippen molar-refractivity contribution in [2.75, 3.05) is 27.7 Å². The predicted molar refractivity (Wildman–Crippen MR) is 106 cm³/mol. The van der Waals surface area contributed by atoms with Crippen LogP contribution in [-0.4, -0.2) is 41.1 Å². The molecule has 1 atom stereocenters. The molecule has 0 saturated carbocycles. The molecular weight excluding hydrogens is 387 g/mol. The summed E-state index contributed by atoms with van der Waals surface area (Å²) in [7, 11) is 1.28. The molecule has 8 heteroatoms. The number of nitrogens with zero attached hydrogens (tertiary/aromatic N) is 1. The van der Waals surface area contributed by atoms with E-state index >= 15 is 0 Å². The highest BCUT2D eigenvalue weighted by molar-refractivity contribution is 7.89. The Morgan fingerprint density at radius 3 is 2.63 bits per heavy atom. The van der Waals surface area contributed by atoms with Gasteiger partial charge in [0.1, 0.15) is 0 Å². The average molecular weight is 409 g/mol. The van der Waals surface area contributed by atoms with Crippen molar-refractivity contribution in [2.24, 2.45) is 0 Å². The largest absolute Gasteiger partial charge is 0.494 e. The number of methoxy groups -OCH3 is 1. The summed E-state index contributed by atoms with van der Waals surface area (Å²) in [6, 6.07) is 11.5. The van der Waals surface area contributed by atoms with Crippen LogP contribution in [0, 0.1) is 5.82 Å². The normalized spacial score (nSPS) is 13.2. The van der Waals surface area contributed by atoms with E-state index in [0.717, 1.165) is 21.7 Å². The number of likely N-dealkylation sites (N-methyl/N-ethyl adjacent to an activating group) is 1. The van der Waals surface area contributed by atoms with Crippen LogP contribution in [0.5, 0.6) is 5.75 Å². The fourth-order valence-electron chi connectivity index (χ4n) is 2.91. The molecule has 0 aliphatic carbocycles. The Morgan fingerprint density at radius 2 is 1.96 bits per heavy atom. The highest BCUT2D eigenvalue weighted by atomic mass is 32.2. The number of rotatable bonds is 7. The summed E-state index contributed by atoms with van der Waals surface area (Å²) in [5, 5.41) is 3.16. The van der Waals surface area contributed by atoms with E-state index in [9.17, 15) is 12.8 Å². The standard InChI is InChI=1S/C19H21FN2O3S2/c1-22(2)17(15-12-26-19-7-5-4-6-14(15)19)11-21-27(23,24)13-8-9-18(25-3)16(20)10-13/h4-10,12,17,21H,11H2,1-3H3/t17-/m0/s1. The van der Waals surface area contributed by atoms with E-state index < -0.39 is 15.8 Å². The number of thiophene rings is 1. The third-order valence-electron chi connectivity index (χ3n) is 4.39. The molecule has 0 fully saturated rings. The zero-order valence-electron chi connectivity index (χ0n) is 15.3. The summed E-state index contributed by atoms with van der Waals surface area (Å²) in [6.07, 6.45) is 0. The summed E-state index contributed by atoms with van der Waals surface area (Å²) in [6.45, 7) is 0.170.